The van der Waals surface area contributed by atoms with Gasteiger partial charge in [-0.2, -0.15) is 0 Å². The number of anilines is 1. The summed E-state index contributed by atoms with van der Waals surface area (Å²) in [6.07, 6.45) is 0.126. The fourth-order valence-electron chi connectivity index (χ4n) is 1.62. The van der Waals surface area contributed by atoms with Crippen LogP contribution in [-0.2, 0) is 6.42 Å². The minimum atomic E-state index is -0.759. The molecule has 0 bridgehead atoms. The lowest BCUT2D eigenvalue weighted by Crippen LogP contribution is -2.25. The van der Waals surface area contributed by atoms with Gasteiger partial charge in [-0.1, -0.05) is 17.7 Å². The fraction of sp³-hybridized carbons (Fsp3) is 0.0909. The SMILES string of the molecule is O=c1[nH]c(O)c(Cc2ccc(Cl)c(NCl)c2)c(=O)[nH]1. The van der Waals surface area contributed by atoms with Crippen molar-refractivity contribution in [1.82, 2.24) is 9.97 Å². The average Bonchev–Trinajstić information content (AvgIpc) is 2.35. The van der Waals surface area contributed by atoms with Gasteiger partial charge in [0.1, 0.15) is 0 Å². The molecule has 2 aromatic rings. The number of nitrogens with one attached hydrogen (secondary N) is 3. The van der Waals surface area contributed by atoms with E-state index in [2.05, 4.69) is 9.82 Å². The first-order chi connectivity index (χ1) is 9.01. The number of rotatable bonds is 3. The Morgan fingerprint density at radius 3 is 2.63 bits per heavy atom. The lowest BCUT2D eigenvalue weighted by molar-refractivity contribution is 0.441. The summed E-state index contributed by atoms with van der Waals surface area (Å²) >= 11 is 11.4. The number of aromatic hydroxyl groups is 1. The van der Waals surface area contributed by atoms with Crippen LogP contribution >= 0.6 is 23.4 Å². The number of H-pyrrole nitrogens is 2. The Kier molecular flexibility index (Phi) is 3.82. The van der Waals surface area contributed by atoms with Gasteiger partial charge in [0.15, 0.2) is 0 Å². The second-order valence-electron chi connectivity index (χ2n) is 3.82. The molecule has 0 fully saturated rings. The van der Waals surface area contributed by atoms with Crippen molar-refractivity contribution in [3.05, 3.63) is 55.2 Å². The van der Waals surface area contributed by atoms with Crippen molar-refractivity contribution in [3.8, 4) is 5.88 Å². The van der Waals surface area contributed by atoms with E-state index >= 15 is 0 Å². The second kappa shape index (κ2) is 5.38. The van der Waals surface area contributed by atoms with Crippen LogP contribution in [-0.4, -0.2) is 15.1 Å². The smallest absolute Gasteiger partial charge is 0.328 e. The van der Waals surface area contributed by atoms with Crippen molar-refractivity contribution in [3.63, 3.8) is 0 Å². The first kappa shape index (κ1) is 13.5. The number of hydrogen-bond donors (Lipinski definition) is 4. The summed E-state index contributed by atoms with van der Waals surface area (Å²) in [6, 6.07) is 4.93. The predicted octanol–water partition coefficient (Wildman–Crippen LogP) is 1.58. The van der Waals surface area contributed by atoms with E-state index < -0.39 is 17.1 Å². The zero-order chi connectivity index (χ0) is 14.0. The molecule has 0 radical (unpaired) electrons. The van der Waals surface area contributed by atoms with Crippen LogP contribution < -0.4 is 16.1 Å². The van der Waals surface area contributed by atoms with Crippen molar-refractivity contribution in [2.75, 3.05) is 4.84 Å². The maximum atomic E-state index is 11.6. The van der Waals surface area contributed by atoms with Gasteiger partial charge < -0.3 is 5.11 Å². The molecule has 0 aliphatic carbocycles. The maximum absolute atomic E-state index is 11.6. The fourth-order valence-corrected chi connectivity index (χ4v) is 1.99. The highest BCUT2D eigenvalue weighted by Gasteiger charge is 2.10. The molecule has 0 saturated carbocycles. The quantitative estimate of drug-likeness (QED) is 0.647. The Labute approximate surface area is 117 Å². The van der Waals surface area contributed by atoms with Crippen LogP contribution in [0.25, 0.3) is 0 Å². The van der Waals surface area contributed by atoms with Crippen molar-refractivity contribution < 1.29 is 5.11 Å². The van der Waals surface area contributed by atoms with Gasteiger partial charge in [0.05, 0.1) is 16.3 Å². The highest BCUT2D eigenvalue weighted by molar-refractivity contribution is 6.35. The molecule has 6 nitrogen and oxygen atoms in total. The summed E-state index contributed by atoms with van der Waals surface area (Å²) < 4.78 is 0. The Morgan fingerprint density at radius 1 is 1.26 bits per heavy atom. The first-order valence-corrected chi connectivity index (χ1v) is 5.96. The van der Waals surface area contributed by atoms with Crippen LogP contribution in [0.3, 0.4) is 0 Å². The van der Waals surface area contributed by atoms with Gasteiger partial charge in [-0.05, 0) is 17.7 Å². The van der Waals surface area contributed by atoms with Crippen LogP contribution in [0.2, 0.25) is 5.02 Å². The standard InChI is InChI=1S/C11H9Cl2N3O3/c12-7-2-1-5(4-8(7)16-13)3-6-9(17)14-11(19)15-10(6)18/h1-2,4,16H,3H2,(H3,14,15,17,18,19). The molecule has 0 saturated heterocycles. The minimum Gasteiger partial charge on any atom is -0.494 e. The Bertz CT molecular complexity index is 724. The molecule has 8 heteroatoms. The molecule has 0 amide bonds. The van der Waals surface area contributed by atoms with E-state index in [0.717, 1.165) is 0 Å². The highest BCUT2D eigenvalue weighted by atomic mass is 35.5. The van der Waals surface area contributed by atoms with Crippen LogP contribution in [0.1, 0.15) is 11.1 Å². The first-order valence-electron chi connectivity index (χ1n) is 5.20. The molecule has 0 spiro atoms. The summed E-state index contributed by atoms with van der Waals surface area (Å²) in [6.45, 7) is 0. The summed E-state index contributed by atoms with van der Waals surface area (Å²) in [5, 5.41) is 10.0. The van der Waals surface area contributed by atoms with Gasteiger partial charge in [-0.15, -0.1) is 0 Å². The van der Waals surface area contributed by atoms with E-state index in [-0.39, 0.29) is 12.0 Å². The van der Waals surface area contributed by atoms with Crippen LogP contribution in [0.5, 0.6) is 5.88 Å². The predicted molar refractivity (Wildman–Crippen MR) is 73.1 cm³/mol. The molecule has 0 aliphatic heterocycles. The van der Waals surface area contributed by atoms with Crippen molar-refractivity contribution in [1.29, 1.82) is 0 Å². The number of halogens is 2. The minimum absolute atomic E-state index is 0.0578. The monoisotopic (exact) mass is 301 g/mol. The van der Waals surface area contributed by atoms with E-state index in [9.17, 15) is 14.7 Å². The van der Waals surface area contributed by atoms with Crippen LogP contribution in [0.4, 0.5) is 5.69 Å². The molecule has 100 valence electrons. The lowest BCUT2D eigenvalue weighted by Gasteiger charge is -2.06. The molecule has 1 aromatic carbocycles. The molecular weight excluding hydrogens is 293 g/mol. The van der Waals surface area contributed by atoms with Crippen molar-refractivity contribution in [2.24, 2.45) is 0 Å². The number of hydrogen-bond acceptors (Lipinski definition) is 4. The Balaban J connectivity index is 2.42. The summed E-state index contributed by atoms with van der Waals surface area (Å²) in [5.74, 6) is -0.455. The van der Waals surface area contributed by atoms with Gasteiger partial charge in [0, 0.05) is 18.2 Å². The summed E-state index contributed by atoms with van der Waals surface area (Å²) in [4.78, 5) is 29.1. The third kappa shape index (κ3) is 2.91. The van der Waals surface area contributed by atoms with E-state index in [1.165, 1.54) is 0 Å². The highest BCUT2D eigenvalue weighted by Crippen LogP contribution is 2.25. The number of benzene rings is 1. The van der Waals surface area contributed by atoms with Crippen molar-refractivity contribution in [2.45, 2.75) is 6.42 Å². The molecule has 0 atom stereocenters. The Hall–Kier alpha value is -1.92. The molecule has 1 aromatic heterocycles. The molecule has 0 aliphatic rings. The van der Waals surface area contributed by atoms with Gasteiger partial charge >= 0.3 is 5.69 Å². The van der Waals surface area contributed by atoms with Gasteiger partial charge in [-0.3, -0.25) is 19.6 Å². The normalized spacial score (nSPS) is 10.4. The topological polar surface area (TPSA) is 98.0 Å². The van der Waals surface area contributed by atoms with Gasteiger partial charge in [0.25, 0.3) is 5.56 Å². The molecule has 1 heterocycles. The van der Waals surface area contributed by atoms with E-state index in [1.807, 2.05) is 4.98 Å². The van der Waals surface area contributed by atoms with Gasteiger partial charge in [-0.25, -0.2) is 4.79 Å². The molecule has 0 unspecified atom stereocenters. The average molecular weight is 302 g/mol. The van der Waals surface area contributed by atoms with E-state index in [0.29, 0.717) is 16.3 Å². The maximum Gasteiger partial charge on any atom is 0.328 e. The summed E-state index contributed by atoms with van der Waals surface area (Å²) in [5.41, 5.74) is -0.161. The molecule has 4 N–H and O–H groups in total. The van der Waals surface area contributed by atoms with E-state index in [4.69, 9.17) is 23.4 Å². The summed E-state index contributed by atoms with van der Waals surface area (Å²) in [7, 11) is 0. The van der Waals surface area contributed by atoms with Gasteiger partial charge in [0.2, 0.25) is 5.88 Å². The Morgan fingerprint density at radius 2 is 2.00 bits per heavy atom. The number of aromatic nitrogens is 2. The molecule has 2 rings (SSSR count). The zero-order valence-electron chi connectivity index (χ0n) is 9.46. The van der Waals surface area contributed by atoms with Crippen LogP contribution in [0.15, 0.2) is 27.8 Å². The number of aromatic amines is 2. The second-order valence-corrected chi connectivity index (χ2v) is 4.42. The molecule has 19 heavy (non-hydrogen) atoms. The van der Waals surface area contributed by atoms with E-state index in [1.54, 1.807) is 18.2 Å². The zero-order valence-corrected chi connectivity index (χ0v) is 11.0. The third-order valence-corrected chi connectivity index (χ3v) is 3.07. The lowest BCUT2D eigenvalue weighted by atomic mass is 10.1. The van der Waals surface area contributed by atoms with Crippen LogP contribution in [0, 0.1) is 0 Å². The third-order valence-electron chi connectivity index (χ3n) is 2.53. The van der Waals surface area contributed by atoms with Crippen molar-refractivity contribution >= 4 is 29.1 Å². The largest absolute Gasteiger partial charge is 0.494 e. The molecular formula is C11H9Cl2N3O3.